The van der Waals surface area contributed by atoms with Gasteiger partial charge in [0.2, 0.25) is 5.88 Å². The highest BCUT2D eigenvalue weighted by atomic mass is 16.6. The van der Waals surface area contributed by atoms with E-state index < -0.39 is 5.60 Å². The number of para-hydroxylation sites is 1. The maximum Gasteiger partial charge on any atom is 0.409 e. The first-order chi connectivity index (χ1) is 17.4. The van der Waals surface area contributed by atoms with Gasteiger partial charge in [-0.15, -0.1) is 0 Å². The minimum absolute atomic E-state index is 0.174. The van der Waals surface area contributed by atoms with Crippen molar-refractivity contribution in [2.24, 2.45) is 0 Å². The van der Waals surface area contributed by atoms with Gasteiger partial charge < -0.3 is 29.4 Å². The Morgan fingerprint density at radius 2 is 2.03 bits per heavy atom. The van der Waals surface area contributed by atoms with Crippen molar-refractivity contribution < 1.29 is 23.8 Å². The van der Waals surface area contributed by atoms with Crippen LogP contribution >= 0.6 is 0 Å². The van der Waals surface area contributed by atoms with Crippen molar-refractivity contribution in [3.63, 3.8) is 0 Å². The van der Waals surface area contributed by atoms with Gasteiger partial charge in [0.25, 0.3) is 5.91 Å². The van der Waals surface area contributed by atoms with Crippen LogP contribution in [0.4, 0.5) is 4.79 Å². The number of methoxy groups -OCH3 is 1. The van der Waals surface area contributed by atoms with E-state index in [1.807, 2.05) is 24.3 Å². The van der Waals surface area contributed by atoms with Crippen LogP contribution in [0.1, 0.15) is 60.9 Å². The molecule has 9 heteroatoms. The van der Waals surface area contributed by atoms with Gasteiger partial charge in [-0.05, 0) is 31.5 Å². The molecule has 2 aliphatic heterocycles. The second kappa shape index (κ2) is 9.72. The minimum Gasteiger partial charge on any atom is -0.485 e. The van der Waals surface area contributed by atoms with E-state index >= 15 is 0 Å². The van der Waals surface area contributed by atoms with Crippen molar-refractivity contribution >= 4 is 22.9 Å². The number of pyridine rings is 1. The van der Waals surface area contributed by atoms with Crippen LogP contribution in [0, 0.1) is 0 Å². The summed E-state index contributed by atoms with van der Waals surface area (Å²) < 4.78 is 17.0. The van der Waals surface area contributed by atoms with E-state index in [0.29, 0.717) is 61.8 Å². The molecule has 0 saturated carbocycles. The predicted octanol–water partition coefficient (Wildman–Crippen LogP) is 4.38. The number of H-pyrrole nitrogens is 1. The number of carbonyl (C=O) groups excluding carboxylic acids is 2. The number of hydrogen-bond donors (Lipinski definition) is 2. The van der Waals surface area contributed by atoms with Crippen molar-refractivity contribution in [3.05, 3.63) is 53.3 Å². The summed E-state index contributed by atoms with van der Waals surface area (Å²) in [7, 11) is 1.57. The second-order valence-corrected chi connectivity index (χ2v) is 9.36. The number of nitrogens with zero attached hydrogens (tertiary/aromatic N) is 2. The number of ether oxygens (including phenoxy) is 3. The maximum absolute atomic E-state index is 13.6. The molecule has 1 saturated heterocycles. The topological polar surface area (TPSA) is 106 Å². The summed E-state index contributed by atoms with van der Waals surface area (Å²) in [6.07, 6.45) is 2.37. The van der Waals surface area contributed by atoms with Crippen LogP contribution in [0.15, 0.2) is 36.4 Å². The predicted molar refractivity (Wildman–Crippen MR) is 134 cm³/mol. The Kier molecular flexibility index (Phi) is 6.47. The van der Waals surface area contributed by atoms with Gasteiger partial charge in [0.1, 0.15) is 17.0 Å². The van der Waals surface area contributed by atoms with Crippen LogP contribution in [0.25, 0.3) is 10.9 Å². The number of nitrogens with one attached hydrogen (secondary N) is 2. The number of fused-ring (bicyclic) bond motifs is 2. The number of rotatable bonds is 5. The smallest absolute Gasteiger partial charge is 0.409 e. The molecule has 2 N–H and O–H groups in total. The molecule has 0 bridgehead atoms. The third-order valence-electron chi connectivity index (χ3n) is 7.15. The number of likely N-dealkylation sites (tertiary alicyclic amines) is 1. The van der Waals surface area contributed by atoms with E-state index in [1.54, 1.807) is 25.0 Å². The Morgan fingerprint density at radius 3 is 2.75 bits per heavy atom. The summed E-state index contributed by atoms with van der Waals surface area (Å²) in [6.45, 7) is 5.28. The maximum atomic E-state index is 13.6. The van der Waals surface area contributed by atoms with Crippen LogP contribution in [0.3, 0.4) is 0 Å². The first-order valence-electron chi connectivity index (χ1n) is 12.5. The minimum atomic E-state index is -0.516. The molecular formula is C27H32N4O5. The van der Waals surface area contributed by atoms with Gasteiger partial charge in [0.05, 0.1) is 30.8 Å². The van der Waals surface area contributed by atoms with Gasteiger partial charge >= 0.3 is 6.09 Å². The molecule has 1 atom stereocenters. The van der Waals surface area contributed by atoms with Gasteiger partial charge in [-0.3, -0.25) is 4.79 Å². The van der Waals surface area contributed by atoms with E-state index in [2.05, 4.69) is 28.3 Å². The lowest BCUT2D eigenvalue weighted by Crippen LogP contribution is -2.53. The molecule has 5 rings (SSSR count). The van der Waals surface area contributed by atoms with Gasteiger partial charge in [0.15, 0.2) is 0 Å². The highest BCUT2D eigenvalue weighted by molar-refractivity contribution is 6.06. The number of benzene rings is 1. The fraction of sp³-hybridized carbons (Fsp3) is 0.444. The third kappa shape index (κ3) is 4.45. The molecule has 1 spiro atoms. The quantitative estimate of drug-likeness (QED) is 0.548. The molecule has 0 aliphatic carbocycles. The van der Waals surface area contributed by atoms with Gasteiger partial charge in [-0.2, -0.15) is 0 Å². The van der Waals surface area contributed by atoms with E-state index in [1.165, 1.54) is 0 Å². The Morgan fingerprint density at radius 1 is 1.22 bits per heavy atom. The lowest BCUT2D eigenvalue weighted by Gasteiger charge is -2.46. The van der Waals surface area contributed by atoms with Crippen molar-refractivity contribution in [3.8, 4) is 11.6 Å². The number of carbonyl (C=O) groups is 2. The second-order valence-electron chi connectivity index (χ2n) is 9.36. The van der Waals surface area contributed by atoms with E-state index in [9.17, 15) is 9.59 Å². The lowest BCUT2D eigenvalue weighted by molar-refractivity contribution is -0.0246. The number of aromatic amines is 1. The summed E-state index contributed by atoms with van der Waals surface area (Å²) in [6, 6.07) is 11.0. The Labute approximate surface area is 210 Å². The molecule has 190 valence electrons. The summed E-state index contributed by atoms with van der Waals surface area (Å²) in [5.41, 5.74) is 2.64. The van der Waals surface area contributed by atoms with Crippen LogP contribution in [0.5, 0.6) is 11.6 Å². The van der Waals surface area contributed by atoms with Gasteiger partial charge in [-0.25, -0.2) is 9.78 Å². The number of aromatic nitrogens is 2. The van der Waals surface area contributed by atoms with E-state index in [0.717, 1.165) is 23.0 Å². The Balaban J connectivity index is 1.43. The number of piperidine rings is 1. The molecule has 3 aromatic rings. The highest BCUT2D eigenvalue weighted by Gasteiger charge is 2.45. The standard InChI is InChI=1S/C27H32N4O5/c1-4-18-15-17-7-6-8-19(23(17)28-18)25(32)29-20-16-27(11-13-31(14-12-27)26(33)35-5-2)36-21-9-10-22(34-3)30-24(20)21/h6-10,15,20,28H,4-5,11-14,16H2,1-3H3,(H,29,32). The molecule has 1 fully saturated rings. The molecule has 1 aromatic carbocycles. The molecule has 2 aromatic heterocycles. The van der Waals surface area contributed by atoms with E-state index in [4.69, 9.17) is 14.2 Å². The normalized spacial score (nSPS) is 18.4. The van der Waals surface area contributed by atoms with Crippen molar-refractivity contribution in [1.82, 2.24) is 20.2 Å². The average Bonchev–Trinajstić information content (AvgIpc) is 3.32. The first-order valence-corrected chi connectivity index (χ1v) is 12.5. The van der Waals surface area contributed by atoms with Crippen LogP contribution in [0.2, 0.25) is 0 Å². The number of amides is 2. The van der Waals surface area contributed by atoms with Crippen molar-refractivity contribution in [2.45, 2.75) is 51.2 Å². The highest BCUT2D eigenvalue weighted by Crippen LogP contribution is 2.44. The molecule has 2 aliphatic rings. The lowest BCUT2D eigenvalue weighted by atomic mass is 9.81. The van der Waals surface area contributed by atoms with E-state index in [-0.39, 0.29) is 18.0 Å². The van der Waals surface area contributed by atoms with Gasteiger partial charge in [0, 0.05) is 49.5 Å². The Bertz CT molecular complexity index is 1280. The SMILES string of the molecule is CCOC(=O)N1CCC2(CC1)CC(NC(=O)c1cccc3cc(CC)[nH]c13)c1nc(OC)ccc1O2. The summed E-state index contributed by atoms with van der Waals surface area (Å²) >= 11 is 0. The fourth-order valence-corrected chi connectivity index (χ4v) is 5.20. The Hall–Kier alpha value is -3.75. The molecular weight excluding hydrogens is 460 g/mol. The average molecular weight is 493 g/mol. The molecule has 0 radical (unpaired) electrons. The van der Waals surface area contributed by atoms with Crippen LogP contribution < -0.4 is 14.8 Å². The molecule has 36 heavy (non-hydrogen) atoms. The molecule has 9 nitrogen and oxygen atoms in total. The summed E-state index contributed by atoms with van der Waals surface area (Å²) in [5, 5.41) is 4.23. The summed E-state index contributed by atoms with van der Waals surface area (Å²) in [4.78, 5) is 35.5. The molecule has 4 heterocycles. The van der Waals surface area contributed by atoms with Gasteiger partial charge in [-0.1, -0.05) is 19.1 Å². The zero-order chi connectivity index (χ0) is 25.3. The summed E-state index contributed by atoms with van der Waals surface area (Å²) in [5.74, 6) is 0.915. The molecule has 2 amide bonds. The zero-order valence-corrected chi connectivity index (χ0v) is 20.9. The number of hydrogen-bond acceptors (Lipinski definition) is 6. The number of aryl methyl sites for hydroxylation is 1. The third-order valence-corrected chi connectivity index (χ3v) is 7.15. The first kappa shape index (κ1) is 24.0. The van der Waals surface area contributed by atoms with Crippen LogP contribution in [-0.2, 0) is 11.2 Å². The fourth-order valence-electron chi connectivity index (χ4n) is 5.20. The molecule has 1 unspecified atom stereocenters. The largest absolute Gasteiger partial charge is 0.485 e. The van der Waals surface area contributed by atoms with Crippen LogP contribution in [-0.4, -0.2) is 59.3 Å². The van der Waals surface area contributed by atoms with Crippen molar-refractivity contribution in [1.29, 1.82) is 0 Å². The zero-order valence-electron chi connectivity index (χ0n) is 20.9. The monoisotopic (exact) mass is 492 g/mol. The van der Waals surface area contributed by atoms with Crippen molar-refractivity contribution in [2.75, 3.05) is 26.8 Å².